The lowest BCUT2D eigenvalue weighted by Crippen LogP contribution is -2.32. The Balaban J connectivity index is 1.60. The second-order valence-electron chi connectivity index (χ2n) is 5.89. The van der Waals surface area contributed by atoms with Gasteiger partial charge in [0, 0.05) is 23.5 Å². The van der Waals surface area contributed by atoms with Gasteiger partial charge in [-0.3, -0.25) is 4.79 Å². The number of carbonyl (C=O) groups excluding carboxylic acids is 1. The molecule has 1 unspecified atom stereocenters. The molecule has 1 aliphatic heterocycles. The summed E-state index contributed by atoms with van der Waals surface area (Å²) in [6.45, 7) is 3.58. The number of benzene rings is 2. The summed E-state index contributed by atoms with van der Waals surface area (Å²) >= 11 is 7.43. The van der Waals surface area contributed by atoms with Crippen LogP contribution >= 0.6 is 23.4 Å². The second-order valence-corrected chi connectivity index (χ2v) is 7.74. The Bertz CT molecular complexity index is 751. The minimum atomic E-state index is -0.177. The van der Waals surface area contributed by atoms with Gasteiger partial charge in [0.15, 0.2) is 11.5 Å². The maximum atomic E-state index is 12.6. The lowest BCUT2D eigenvalue weighted by molar-refractivity contribution is -0.129. The number of carbonyl (C=O) groups is 1. The van der Waals surface area contributed by atoms with Crippen LogP contribution in [0.25, 0.3) is 0 Å². The Morgan fingerprint density at radius 1 is 1.16 bits per heavy atom. The number of fused-ring (bicyclic) bond motifs is 1. The van der Waals surface area contributed by atoms with Crippen molar-refractivity contribution in [1.29, 1.82) is 0 Å². The fourth-order valence-corrected chi connectivity index (χ4v) is 3.72. The van der Waals surface area contributed by atoms with Gasteiger partial charge >= 0.3 is 0 Å². The van der Waals surface area contributed by atoms with Crippen molar-refractivity contribution in [2.45, 2.75) is 23.6 Å². The molecule has 0 saturated heterocycles. The van der Waals surface area contributed by atoms with Gasteiger partial charge < -0.3 is 14.4 Å². The summed E-state index contributed by atoms with van der Waals surface area (Å²) in [5, 5.41) is 0.516. The van der Waals surface area contributed by atoms with E-state index in [4.69, 9.17) is 21.1 Å². The number of hydrogen-bond acceptors (Lipinski definition) is 4. The van der Waals surface area contributed by atoms with Gasteiger partial charge in [-0.15, -0.1) is 11.8 Å². The molecule has 1 atom stereocenters. The van der Waals surface area contributed by atoms with Crippen LogP contribution in [0.3, 0.4) is 0 Å². The van der Waals surface area contributed by atoms with E-state index < -0.39 is 0 Å². The van der Waals surface area contributed by atoms with Crippen LogP contribution in [0.15, 0.2) is 47.4 Å². The smallest absolute Gasteiger partial charge is 0.235 e. The zero-order valence-electron chi connectivity index (χ0n) is 14.2. The summed E-state index contributed by atoms with van der Waals surface area (Å²) in [5.74, 6) is 1.58. The van der Waals surface area contributed by atoms with Crippen LogP contribution < -0.4 is 9.47 Å². The van der Waals surface area contributed by atoms with Crippen LogP contribution in [0.2, 0.25) is 5.02 Å². The predicted octanol–water partition coefficient (Wildman–Crippen LogP) is 4.25. The topological polar surface area (TPSA) is 38.8 Å². The number of hydrogen-bond donors (Lipinski definition) is 0. The van der Waals surface area contributed by atoms with Crippen LogP contribution in [0.1, 0.15) is 12.5 Å². The van der Waals surface area contributed by atoms with E-state index in [1.165, 1.54) is 11.8 Å². The molecule has 0 aliphatic carbocycles. The van der Waals surface area contributed by atoms with Gasteiger partial charge in [0.2, 0.25) is 5.91 Å². The molecule has 0 aromatic heterocycles. The fourth-order valence-electron chi connectivity index (χ4n) is 2.62. The Labute approximate surface area is 157 Å². The molecule has 0 radical (unpaired) electrons. The highest BCUT2D eigenvalue weighted by atomic mass is 35.5. The third kappa shape index (κ3) is 4.61. The second kappa shape index (κ2) is 8.02. The molecule has 4 nitrogen and oxygen atoms in total. The van der Waals surface area contributed by atoms with Crippen LogP contribution in [0.5, 0.6) is 11.5 Å². The number of halogens is 1. The van der Waals surface area contributed by atoms with Crippen molar-refractivity contribution in [3.05, 3.63) is 53.1 Å². The van der Waals surface area contributed by atoms with Gasteiger partial charge in [-0.25, -0.2) is 0 Å². The molecule has 6 heteroatoms. The molecule has 2 aromatic rings. The van der Waals surface area contributed by atoms with Crippen molar-refractivity contribution in [2.75, 3.05) is 20.3 Å². The number of rotatable bonds is 5. The summed E-state index contributed by atoms with van der Waals surface area (Å²) in [7, 11) is 1.82. The Hall–Kier alpha value is -1.85. The Morgan fingerprint density at radius 3 is 2.56 bits per heavy atom. The normalized spacial score (nSPS) is 14.0. The molecule has 0 fully saturated rings. The van der Waals surface area contributed by atoms with Gasteiger partial charge in [0.25, 0.3) is 0 Å². The zero-order valence-corrected chi connectivity index (χ0v) is 15.8. The van der Waals surface area contributed by atoms with Gasteiger partial charge in [-0.1, -0.05) is 17.7 Å². The molecule has 0 bridgehead atoms. The van der Waals surface area contributed by atoms with Crippen LogP contribution in [-0.2, 0) is 11.3 Å². The largest absolute Gasteiger partial charge is 0.486 e. The summed E-state index contributed by atoms with van der Waals surface area (Å²) in [5.41, 5.74) is 1.02. The van der Waals surface area contributed by atoms with Crippen molar-refractivity contribution >= 4 is 29.3 Å². The Kier molecular flexibility index (Phi) is 5.76. The molecule has 1 amide bonds. The average molecular weight is 378 g/mol. The first-order valence-corrected chi connectivity index (χ1v) is 9.34. The van der Waals surface area contributed by atoms with E-state index >= 15 is 0 Å². The van der Waals surface area contributed by atoms with E-state index in [1.54, 1.807) is 4.90 Å². The van der Waals surface area contributed by atoms with Gasteiger partial charge in [0.05, 0.1) is 5.25 Å². The average Bonchev–Trinajstić information content (AvgIpc) is 2.62. The zero-order chi connectivity index (χ0) is 17.8. The number of nitrogens with zero attached hydrogens (tertiary/aromatic N) is 1. The third-order valence-corrected chi connectivity index (χ3v) is 5.23. The van der Waals surface area contributed by atoms with E-state index in [-0.39, 0.29) is 11.2 Å². The van der Waals surface area contributed by atoms with Crippen LogP contribution in [-0.4, -0.2) is 36.3 Å². The first-order chi connectivity index (χ1) is 12.0. The number of ether oxygens (including phenoxy) is 2. The molecular weight excluding hydrogens is 358 g/mol. The van der Waals surface area contributed by atoms with E-state index in [9.17, 15) is 4.79 Å². The maximum absolute atomic E-state index is 12.6. The summed E-state index contributed by atoms with van der Waals surface area (Å²) in [4.78, 5) is 15.4. The summed E-state index contributed by atoms with van der Waals surface area (Å²) in [6, 6.07) is 13.3. The molecule has 1 heterocycles. The summed E-state index contributed by atoms with van der Waals surface area (Å²) < 4.78 is 11.1. The van der Waals surface area contributed by atoms with Gasteiger partial charge in [-0.05, 0) is 48.9 Å². The molecule has 3 rings (SSSR count). The first-order valence-electron chi connectivity index (χ1n) is 8.08. The van der Waals surface area contributed by atoms with Crippen molar-refractivity contribution in [3.63, 3.8) is 0 Å². The molecule has 25 heavy (non-hydrogen) atoms. The quantitative estimate of drug-likeness (QED) is 0.730. The predicted molar refractivity (Wildman–Crippen MR) is 101 cm³/mol. The van der Waals surface area contributed by atoms with E-state index in [0.717, 1.165) is 22.0 Å². The first kappa shape index (κ1) is 18.0. The summed E-state index contributed by atoms with van der Waals surface area (Å²) in [6.07, 6.45) is 0. The van der Waals surface area contributed by atoms with Gasteiger partial charge in [0.1, 0.15) is 13.2 Å². The van der Waals surface area contributed by atoms with Crippen LogP contribution in [0, 0.1) is 0 Å². The monoisotopic (exact) mass is 377 g/mol. The SMILES string of the molecule is CC(Sc1ccc(Cl)cc1)C(=O)N(C)Cc1ccc2c(c1)OCCO2. The lowest BCUT2D eigenvalue weighted by Gasteiger charge is -2.23. The molecule has 0 spiro atoms. The van der Waals surface area contributed by atoms with Crippen LogP contribution in [0.4, 0.5) is 0 Å². The number of thioether (sulfide) groups is 1. The highest BCUT2D eigenvalue weighted by molar-refractivity contribution is 8.00. The molecular formula is C19H20ClNO3S. The minimum absolute atomic E-state index is 0.0786. The lowest BCUT2D eigenvalue weighted by atomic mass is 10.2. The fraction of sp³-hybridized carbons (Fsp3) is 0.316. The van der Waals surface area contributed by atoms with Gasteiger partial charge in [-0.2, -0.15) is 0 Å². The van der Waals surface area contributed by atoms with E-state index in [1.807, 2.05) is 56.4 Å². The van der Waals surface area contributed by atoms with Crippen molar-refractivity contribution in [3.8, 4) is 11.5 Å². The highest BCUT2D eigenvalue weighted by Crippen LogP contribution is 2.31. The molecule has 0 N–H and O–H groups in total. The number of amides is 1. The van der Waals surface area contributed by atoms with Crippen molar-refractivity contribution in [1.82, 2.24) is 4.90 Å². The molecule has 132 valence electrons. The van der Waals surface area contributed by atoms with E-state index in [0.29, 0.717) is 24.8 Å². The standard InChI is InChI=1S/C19H20ClNO3S/c1-13(25-16-6-4-15(20)5-7-16)19(22)21(2)12-14-3-8-17-18(11-14)24-10-9-23-17/h3-8,11,13H,9-10,12H2,1-2H3. The third-order valence-electron chi connectivity index (χ3n) is 3.88. The highest BCUT2D eigenvalue weighted by Gasteiger charge is 2.20. The molecule has 2 aromatic carbocycles. The van der Waals surface area contributed by atoms with E-state index in [2.05, 4.69) is 0 Å². The molecule has 0 saturated carbocycles. The minimum Gasteiger partial charge on any atom is -0.486 e. The van der Waals surface area contributed by atoms with Crippen molar-refractivity contribution in [2.24, 2.45) is 0 Å². The van der Waals surface area contributed by atoms with Crippen molar-refractivity contribution < 1.29 is 14.3 Å². The Morgan fingerprint density at radius 2 is 1.84 bits per heavy atom. The molecule has 1 aliphatic rings. The maximum Gasteiger partial charge on any atom is 0.235 e.